The Kier molecular flexibility index (Phi) is 5.37. The summed E-state index contributed by atoms with van der Waals surface area (Å²) in [5.41, 5.74) is 1.06. The number of nitrogens with zero attached hydrogens (tertiary/aromatic N) is 2. The fraction of sp³-hybridized carbons (Fsp3) is 0.611. The van der Waals surface area contributed by atoms with Gasteiger partial charge >= 0.3 is 0 Å². The molecule has 0 bridgehead atoms. The Morgan fingerprint density at radius 2 is 1.73 bits per heavy atom. The molecule has 22 heavy (non-hydrogen) atoms. The highest BCUT2D eigenvalue weighted by Crippen LogP contribution is 2.21. The molecule has 1 aromatic carbocycles. The van der Waals surface area contributed by atoms with Gasteiger partial charge in [-0.25, -0.2) is 0 Å². The van der Waals surface area contributed by atoms with Gasteiger partial charge in [-0.2, -0.15) is 0 Å². The molecule has 1 unspecified atom stereocenters. The van der Waals surface area contributed by atoms with Crippen LogP contribution in [0.25, 0.3) is 0 Å². The Labute approximate surface area is 138 Å². The van der Waals surface area contributed by atoms with Gasteiger partial charge in [0, 0.05) is 24.2 Å². The molecule has 2 saturated heterocycles. The topological polar surface area (TPSA) is 23.6 Å². The molecule has 1 atom stereocenters. The number of carbonyl (C=O) groups is 1. The number of hydrogen-bond donors (Lipinski definition) is 0. The SMILES string of the molecule is O=C(Cc1ccc(Cl)cc1)N1CCCCC1CN1CCCC1. The summed E-state index contributed by atoms with van der Waals surface area (Å²) >= 11 is 5.91. The van der Waals surface area contributed by atoms with E-state index >= 15 is 0 Å². The molecule has 3 rings (SSSR count). The Balaban J connectivity index is 1.61. The Morgan fingerprint density at radius 3 is 2.45 bits per heavy atom. The molecule has 0 aliphatic carbocycles. The Hall–Kier alpha value is -1.06. The van der Waals surface area contributed by atoms with Crippen LogP contribution in [0.4, 0.5) is 0 Å². The van der Waals surface area contributed by atoms with Crippen molar-refractivity contribution in [1.82, 2.24) is 9.80 Å². The van der Waals surface area contributed by atoms with E-state index in [-0.39, 0.29) is 5.91 Å². The van der Waals surface area contributed by atoms with E-state index in [1.807, 2.05) is 24.3 Å². The lowest BCUT2D eigenvalue weighted by Gasteiger charge is -2.38. The van der Waals surface area contributed by atoms with E-state index in [1.54, 1.807) is 0 Å². The normalized spacial score (nSPS) is 23.0. The first-order chi connectivity index (χ1) is 10.7. The summed E-state index contributed by atoms with van der Waals surface area (Å²) in [6.07, 6.45) is 6.67. The van der Waals surface area contributed by atoms with Crippen LogP contribution in [0.1, 0.15) is 37.7 Å². The summed E-state index contributed by atoms with van der Waals surface area (Å²) in [7, 11) is 0. The molecule has 0 N–H and O–H groups in total. The van der Waals surface area contributed by atoms with Crippen molar-refractivity contribution in [3.05, 3.63) is 34.9 Å². The molecule has 3 nitrogen and oxygen atoms in total. The van der Waals surface area contributed by atoms with Crippen LogP contribution in [0.3, 0.4) is 0 Å². The van der Waals surface area contributed by atoms with Crippen molar-refractivity contribution >= 4 is 17.5 Å². The maximum absolute atomic E-state index is 12.7. The molecule has 0 aromatic heterocycles. The van der Waals surface area contributed by atoms with Gasteiger partial charge in [-0.05, 0) is 62.9 Å². The number of hydrogen-bond acceptors (Lipinski definition) is 2. The van der Waals surface area contributed by atoms with Crippen LogP contribution in [0.5, 0.6) is 0 Å². The minimum atomic E-state index is 0.270. The summed E-state index contributed by atoms with van der Waals surface area (Å²) in [5.74, 6) is 0.270. The van der Waals surface area contributed by atoms with Gasteiger partial charge in [0.25, 0.3) is 0 Å². The van der Waals surface area contributed by atoms with Crippen LogP contribution < -0.4 is 0 Å². The van der Waals surface area contributed by atoms with Crippen LogP contribution >= 0.6 is 11.6 Å². The number of rotatable bonds is 4. The zero-order valence-corrected chi connectivity index (χ0v) is 13.9. The number of likely N-dealkylation sites (tertiary alicyclic amines) is 2. The lowest BCUT2D eigenvalue weighted by atomic mass is 10.00. The highest BCUT2D eigenvalue weighted by Gasteiger charge is 2.28. The van der Waals surface area contributed by atoms with Gasteiger partial charge in [-0.1, -0.05) is 23.7 Å². The Morgan fingerprint density at radius 1 is 1.05 bits per heavy atom. The van der Waals surface area contributed by atoms with Gasteiger partial charge in [-0.3, -0.25) is 4.79 Å². The standard InChI is InChI=1S/C18H25ClN2O/c19-16-8-6-15(7-9-16)13-18(22)21-12-2-1-5-17(21)14-20-10-3-4-11-20/h6-9,17H,1-5,10-14H2. The number of amides is 1. The Bertz CT molecular complexity index is 496. The molecule has 2 aliphatic heterocycles. The molecule has 2 heterocycles. The third kappa shape index (κ3) is 4.02. The number of benzene rings is 1. The third-order valence-corrected chi connectivity index (χ3v) is 5.14. The van der Waals surface area contributed by atoms with Crippen molar-refractivity contribution in [3.63, 3.8) is 0 Å². The van der Waals surface area contributed by atoms with Crippen molar-refractivity contribution in [2.45, 2.75) is 44.6 Å². The van der Waals surface area contributed by atoms with Gasteiger partial charge in [0.05, 0.1) is 6.42 Å². The van der Waals surface area contributed by atoms with E-state index in [0.717, 1.165) is 36.5 Å². The van der Waals surface area contributed by atoms with Gasteiger partial charge in [0.2, 0.25) is 5.91 Å². The second kappa shape index (κ2) is 7.47. The highest BCUT2D eigenvalue weighted by atomic mass is 35.5. The van der Waals surface area contributed by atoms with Crippen LogP contribution in [0.15, 0.2) is 24.3 Å². The van der Waals surface area contributed by atoms with Crippen LogP contribution in [-0.4, -0.2) is 47.9 Å². The number of halogens is 1. The zero-order chi connectivity index (χ0) is 15.4. The zero-order valence-electron chi connectivity index (χ0n) is 13.1. The largest absolute Gasteiger partial charge is 0.338 e. The lowest BCUT2D eigenvalue weighted by Crippen LogP contribution is -2.49. The molecular formula is C18H25ClN2O. The van der Waals surface area contributed by atoms with Crippen LogP contribution in [-0.2, 0) is 11.2 Å². The quantitative estimate of drug-likeness (QED) is 0.849. The summed E-state index contributed by atoms with van der Waals surface area (Å²) in [6, 6.07) is 8.05. The van der Waals surface area contributed by atoms with Gasteiger partial charge in [-0.15, -0.1) is 0 Å². The molecule has 0 saturated carbocycles. The van der Waals surface area contributed by atoms with Gasteiger partial charge < -0.3 is 9.80 Å². The van der Waals surface area contributed by atoms with E-state index in [2.05, 4.69) is 9.80 Å². The average Bonchev–Trinajstić information content (AvgIpc) is 3.03. The van der Waals surface area contributed by atoms with E-state index in [0.29, 0.717) is 12.5 Å². The molecule has 0 spiro atoms. The second-order valence-electron chi connectivity index (χ2n) is 6.55. The van der Waals surface area contributed by atoms with Gasteiger partial charge in [0.1, 0.15) is 0 Å². The van der Waals surface area contributed by atoms with Crippen LogP contribution in [0, 0.1) is 0 Å². The molecule has 1 amide bonds. The minimum absolute atomic E-state index is 0.270. The maximum atomic E-state index is 12.7. The highest BCUT2D eigenvalue weighted by molar-refractivity contribution is 6.30. The predicted molar refractivity (Wildman–Crippen MR) is 90.2 cm³/mol. The van der Waals surface area contributed by atoms with E-state index in [4.69, 9.17) is 11.6 Å². The van der Waals surface area contributed by atoms with E-state index in [1.165, 1.54) is 32.4 Å². The predicted octanol–water partition coefficient (Wildman–Crippen LogP) is 3.36. The van der Waals surface area contributed by atoms with Crippen molar-refractivity contribution in [1.29, 1.82) is 0 Å². The fourth-order valence-corrected chi connectivity index (χ4v) is 3.79. The van der Waals surface area contributed by atoms with Crippen molar-refractivity contribution in [2.24, 2.45) is 0 Å². The molecule has 0 radical (unpaired) electrons. The first-order valence-corrected chi connectivity index (χ1v) is 8.86. The minimum Gasteiger partial charge on any atom is -0.338 e. The van der Waals surface area contributed by atoms with Crippen molar-refractivity contribution < 1.29 is 4.79 Å². The fourth-order valence-electron chi connectivity index (χ4n) is 3.66. The molecule has 1 aromatic rings. The lowest BCUT2D eigenvalue weighted by molar-refractivity contribution is -0.134. The average molecular weight is 321 g/mol. The van der Waals surface area contributed by atoms with E-state index in [9.17, 15) is 4.79 Å². The maximum Gasteiger partial charge on any atom is 0.227 e. The summed E-state index contributed by atoms with van der Waals surface area (Å²) in [4.78, 5) is 17.4. The molecule has 120 valence electrons. The summed E-state index contributed by atoms with van der Waals surface area (Å²) in [6.45, 7) is 4.39. The number of carbonyl (C=O) groups excluding carboxylic acids is 1. The van der Waals surface area contributed by atoms with Crippen molar-refractivity contribution in [2.75, 3.05) is 26.2 Å². The monoisotopic (exact) mass is 320 g/mol. The second-order valence-corrected chi connectivity index (χ2v) is 6.98. The molecular weight excluding hydrogens is 296 g/mol. The third-order valence-electron chi connectivity index (χ3n) is 4.88. The smallest absolute Gasteiger partial charge is 0.227 e. The number of piperidine rings is 1. The van der Waals surface area contributed by atoms with E-state index < -0.39 is 0 Å². The van der Waals surface area contributed by atoms with Crippen molar-refractivity contribution in [3.8, 4) is 0 Å². The molecule has 4 heteroatoms. The van der Waals surface area contributed by atoms with Crippen LogP contribution in [0.2, 0.25) is 5.02 Å². The van der Waals surface area contributed by atoms with Gasteiger partial charge in [0.15, 0.2) is 0 Å². The summed E-state index contributed by atoms with van der Waals surface area (Å²) in [5, 5.41) is 0.723. The molecule has 2 aliphatic rings. The first-order valence-electron chi connectivity index (χ1n) is 8.48. The summed E-state index contributed by atoms with van der Waals surface area (Å²) < 4.78 is 0. The first kappa shape index (κ1) is 15.8. The molecule has 2 fully saturated rings.